The predicted octanol–water partition coefficient (Wildman–Crippen LogP) is 2.42. The highest BCUT2D eigenvalue weighted by Crippen LogP contribution is 2.25. The Morgan fingerprint density at radius 1 is 1.37 bits per heavy atom. The summed E-state index contributed by atoms with van der Waals surface area (Å²) in [6, 6.07) is 0. The largest absolute Gasteiger partial charge is 0.471 e. The molecule has 5 heteroatoms. The first-order valence-electron chi connectivity index (χ1n) is 7.17. The van der Waals surface area contributed by atoms with Crippen LogP contribution >= 0.6 is 0 Å². The number of nitrogens with one attached hydrogen (secondary N) is 1. The van der Waals surface area contributed by atoms with Crippen LogP contribution in [-0.4, -0.2) is 35.8 Å². The van der Waals surface area contributed by atoms with E-state index >= 15 is 0 Å². The summed E-state index contributed by atoms with van der Waals surface area (Å²) in [5, 5.41) is 3.35. The van der Waals surface area contributed by atoms with Gasteiger partial charge >= 0.3 is 0 Å². The van der Waals surface area contributed by atoms with Crippen LogP contribution in [0.1, 0.15) is 38.7 Å². The first kappa shape index (κ1) is 14.1. The van der Waals surface area contributed by atoms with E-state index in [0.29, 0.717) is 12.5 Å². The van der Waals surface area contributed by atoms with Gasteiger partial charge in [0.2, 0.25) is 5.88 Å². The summed E-state index contributed by atoms with van der Waals surface area (Å²) in [7, 11) is 0. The molecule has 0 aliphatic carbocycles. The summed E-state index contributed by atoms with van der Waals surface area (Å²) in [5.41, 5.74) is 1.09. The second kappa shape index (κ2) is 7.28. The van der Waals surface area contributed by atoms with Gasteiger partial charge in [0.15, 0.2) is 0 Å². The summed E-state index contributed by atoms with van der Waals surface area (Å²) in [4.78, 5) is 8.64. The molecule has 0 bridgehead atoms. The van der Waals surface area contributed by atoms with Gasteiger partial charge in [0.1, 0.15) is 18.2 Å². The second-order valence-electron chi connectivity index (χ2n) is 4.79. The monoisotopic (exact) mass is 265 g/mol. The maximum Gasteiger partial charge on any atom is 0.222 e. The van der Waals surface area contributed by atoms with E-state index in [-0.39, 0.29) is 6.10 Å². The molecule has 19 heavy (non-hydrogen) atoms. The Morgan fingerprint density at radius 2 is 2.26 bits per heavy atom. The minimum atomic E-state index is 0.129. The molecular weight excluding hydrogens is 242 g/mol. The molecule has 5 nitrogen and oxygen atoms in total. The van der Waals surface area contributed by atoms with Gasteiger partial charge in [-0.1, -0.05) is 20.3 Å². The van der Waals surface area contributed by atoms with Crippen LogP contribution < -0.4 is 10.1 Å². The first-order chi connectivity index (χ1) is 9.35. The highest BCUT2D eigenvalue weighted by Gasteiger charge is 2.20. The number of ether oxygens (including phenoxy) is 2. The zero-order valence-electron chi connectivity index (χ0n) is 11.8. The number of aromatic nitrogens is 2. The zero-order chi connectivity index (χ0) is 13.5. The average Bonchev–Trinajstić information content (AvgIpc) is 2.92. The highest BCUT2D eigenvalue weighted by molar-refractivity contribution is 5.48. The fourth-order valence-electron chi connectivity index (χ4n) is 2.13. The fraction of sp³-hybridized carbons (Fsp3) is 0.714. The van der Waals surface area contributed by atoms with Crippen molar-refractivity contribution < 1.29 is 9.47 Å². The lowest BCUT2D eigenvalue weighted by atomic mass is 10.1. The van der Waals surface area contributed by atoms with Crippen molar-refractivity contribution in [2.75, 3.05) is 25.1 Å². The van der Waals surface area contributed by atoms with Crippen molar-refractivity contribution in [2.45, 2.75) is 45.6 Å². The lowest BCUT2D eigenvalue weighted by Crippen LogP contribution is -2.18. The molecular formula is C14H23N3O2. The molecule has 1 saturated heterocycles. The normalized spacial score (nSPS) is 18.5. The third-order valence-corrected chi connectivity index (χ3v) is 3.11. The summed E-state index contributed by atoms with van der Waals surface area (Å²) >= 11 is 0. The number of anilines is 1. The van der Waals surface area contributed by atoms with Crippen molar-refractivity contribution in [3.8, 4) is 5.88 Å². The minimum absolute atomic E-state index is 0.129. The molecule has 1 atom stereocenters. The van der Waals surface area contributed by atoms with Crippen LogP contribution in [0.15, 0.2) is 6.33 Å². The maximum absolute atomic E-state index is 5.96. The molecule has 0 amide bonds. The van der Waals surface area contributed by atoms with E-state index in [1.807, 2.05) is 0 Å². The van der Waals surface area contributed by atoms with Crippen molar-refractivity contribution >= 4 is 5.82 Å². The van der Waals surface area contributed by atoms with Crippen molar-refractivity contribution in [3.05, 3.63) is 11.9 Å². The molecule has 1 aromatic heterocycles. The van der Waals surface area contributed by atoms with E-state index in [1.165, 1.54) is 0 Å². The second-order valence-corrected chi connectivity index (χ2v) is 4.79. The number of hydrogen-bond acceptors (Lipinski definition) is 5. The highest BCUT2D eigenvalue weighted by atomic mass is 16.5. The van der Waals surface area contributed by atoms with Gasteiger partial charge in [-0.05, 0) is 12.8 Å². The number of nitrogens with zero attached hydrogens (tertiary/aromatic N) is 2. The maximum atomic E-state index is 5.96. The summed E-state index contributed by atoms with van der Waals surface area (Å²) in [6.45, 7) is 6.65. The third-order valence-electron chi connectivity index (χ3n) is 3.11. The van der Waals surface area contributed by atoms with Gasteiger partial charge in [-0.25, -0.2) is 9.97 Å². The lowest BCUT2D eigenvalue weighted by molar-refractivity contribution is 0.137. The molecule has 106 valence electrons. The molecule has 1 aliphatic heterocycles. The molecule has 1 aliphatic rings. The average molecular weight is 265 g/mol. The Morgan fingerprint density at radius 3 is 2.95 bits per heavy atom. The van der Waals surface area contributed by atoms with E-state index in [0.717, 1.165) is 50.2 Å². The van der Waals surface area contributed by atoms with E-state index in [9.17, 15) is 0 Å². The van der Waals surface area contributed by atoms with Gasteiger partial charge in [-0.2, -0.15) is 0 Å². The molecule has 2 heterocycles. The van der Waals surface area contributed by atoms with E-state index in [2.05, 4.69) is 29.1 Å². The van der Waals surface area contributed by atoms with E-state index in [1.54, 1.807) is 6.33 Å². The zero-order valence-corrected chi connectivity index (χ0v) is 11.8. The Labute approximate surface area is 114 Å². The molecule has 1 N–H and O–H groups in total. The van der Waals surface area contributed by atoms with Crippen LogP contribution in [0.3, 0.4) is 0 Å². The quantitative estimate of drug-likeness (QED) is 0.820. The fourth-order valence-corrected chi connectivity index (χ4v) is 2.13. The molecule has 0 spiro atoms. The summed E-state index contributed by atoms with van der Waals surface area (Å²) in [5.74, 6) is 1.62. The van der Waals surface area contributed by atoms with Crippen LogP contribution in [-0.2, 0) is 11.2 Å². The number of hydrogen-bond donors (Lipinski definition) is 1. The smallest absolute Gasteiger partial charge is 0.222 e. The van der Waals surface area contributed by atoms with Crippen LogP contribution in [0.25, 0.3) is 0 Å². The van der Waals surface area contributed by atoms with Gasteiger partial charge in [-0.3, -0.25) is 0 Å². The van der Waals surface area contributed by atoms with Gasteiger partial charge in [-0.15, -0.1) is 0 Å². The van der Waals surface area contributed by atoms with Crippen molar-refractivity contribution in [2.24, 2.45) is 0 Å². The standard InChI is InChI=1S/C14H23N3O2/c1-3-5-12-13(15-7-4-2)16-10-17-14(12)19-11-6-8-18-9-11/h10-11H,3-9H2,1-2H3,(H,15,16,17). The Kier molecular flexibility index (Phi) is 5.39. The van der Waals surface area contributed by atoms with Gasteiger partial charge in [0.05, 0.1) is 18.8 Å². The molecule has 1 aromatic rings. The van der Waals surface area contributed by atoms with Crippen molar-refractivity contribution in [1.82, 2.24) is 9.97 Å². The predicted molar refractivity (Wildman–Crippen MR) is 74.7 cm³/mol. The minimum Gasteiger partial charge on any atom is -0.471 e. The Balaban J connectivity index is 2.14. The SMILES string of the molecule is CCCNc1ncnc(OC2CCOC2)c1CCC. The molecule has 1 unspecified atom stereocenters. The van der Waals surface area contributed by atoms with Crippen LogP contribution in [0, 0.1) is 0 Å². The Hall–Kier alpha value is -1.36. The third kappa shape index (κ3) is 3.80. The van der Waals surface area contributed by atoms with Crippen LogP contribution in [0.2, 0.25) is 0 Å². The summed E-state index contributed by atoms with van der Waals surface area (Å²) in [6.07, 6.45) is 5.68. The molecule has 2 rings (SSSR count). The number of rotatable bonds is 7. The van der Waals surface area contributed by atoms with Crippen molar-refractivity contribution in [3.63, 3.8) is 0 Å². The van der Waals surface area contributed by atoms with E-state index < -0.39 is 0 Å². The molecule has 0 radical (unpaired) electrons. The van der Waals surface area contributed by atoms with Gasteiger partial charge in [0.25, 0.3) is 0 Å². The van der Waals surface area contributed by atoms with Gasteiger partial charge in [0, 0.05) is 13.0 Å². The first-order valence-corrected chi connectivity index (χ1v) is 7.17. The molecule has 0 aromatic carbocycles. The van der Waals surface area contributed by atoms with Crippen LogP contribution in [0.5, 0.6) is 5.88 Å². The van der Waals surface area contributed by atoms with E-state index in [4.69, 9.17) is 9.47 Å². The summed E-state index contributed by atoms with van der Waals surface area (Å²) < 4.78 is 11.3. The van der Waals surface area contributed by atoms with Crippen LogP contribution in [0.4, 0.5) is 5.82 Å². The molecule has 1 fully saturated rings. The Bertz CT molecular complexity index is 392. The van der Waals surface area contributed by atoms with Crippen molar-refractivity contribution in [1.29, 1.82) is 0 Å². The molecule has 0 saturated carbocycles. The lowest BCUT2D eigenvalue weighted by Gasteiger charge is -2.16. The van der Waals surface area contributed by atoms with Gasteiger partial charge < -0.3 is 14.8 Å². The topological polar surface area (TPSA) is 56.3 Å².